The molecule has 0 unspecified atom stereocenters. The molecule has 1 amide bonds. The molecule has 4 nitrogen and oxygen atoms in total. The molecule has 1 aromatic heterocycles. The second-order valence-corrected chi connectivity index (χ2v) is 6.77. The Bertz CT molecular complexity index is 428. The van der Waals surface area contributed by atoms with Gasteiger partial charge in [0.05, 0.1) is 5.69 Å². The van der Waals surface area contributed by atoms with Crippen molar-refractivity contribution in [1.29, 1.82) is 0 Å². The highest BCUT2D eigenvalue weighted by Gasteiger charge is 2.23. The fourth-order valence-electron chi connectivity index (χ4n) is 2.07. The number of hydrogen-bond donors (Lipinski definition) is 1. The Morgan fingerprint density at radius 1 is 1.42 bits per heavy atom. The van der Waals surface area contributed by atoms with Crippen LogP contribution in [-0.2, 0) is 12.2 Å². The highest BCUT2D eigenvalue weighted by Crippen LogP contribution is 2.24. The average molecular weight is 299 g/mol. The molecule has 1 aliphatic rings. The molecule has 1 fully saturated rings. The van der Waals surface area contributed by atoms with E-state index in [1.165, 1.54) is 0 Å². The summed E-state index contributed by atoms with van der Waals surface area (Å²) >= 11 is 3.44. The van der Waals surface area contributed by atoms with Gasteiger partial charge >= 0.3 is 0 Å². The van der Waals surface area contributed by atoms with Crippen LogP contribution in [0.15, 0.2) is 0 Å². The summed E-state index contributed by atoms with van der Waals surface area (Å²) in [6.45, 7) is 7.61. The average Bonchev–Trinajstić information content (AvgIpc) is 2.88. The highest BCUT2D eigenvalue weighted by atomic mass is 32.2. The number of hydrogen-bond acceptors (Lipinski definition) is 5. The highest BCUT2D eigenvalue weighted by molar-refractivity contribution is 7.98. The van der Waals surface area contributed by atoms with E-state index in [0.717, 1.165) is 59.7 Å². The summed E-state index contributed by atoms with van der Waals surface area (Å²) in [4.78, 5) is 19.9. The molecule has 0 bridgehead atoms. The number of carbonyl (C=O) groups is 1. The van der Waals surface area contributed by atoms with Crippen LogP contribution in [0.4, 0.5) is 0 Å². The molecule has 0 aliphatic carbocycles. The lowest BCUT2D eigenvalue weighted by Gasteiger charge is -2.27. The van der Waals surface area contributed by atoms with E-state index in [0.29, 0.717) is 0 Å². The van der Waals surface area contributed by atoms with Crippen molar-refractivity contribution in [2.24, 2.45) is 0 Å². The zero-order valence-electron chi connectivity index (χ0n) is 11.6. The van der Waals surface area contributed by atoms with Gasteiger partial charge in [-0.1, -0.05) is 13.8 Å². The number of rotatable bonds is 5. The third kappa shape index (κ3) is 3.70. The Morgan fingerprint density at radius 3 is 2.79 bits per heavy atom. The molecular formula is C13H21N3OS2. The molecule has 0 atom stereocenters. The van der Waals surface area contributed by atoms with E-state index in [4.69, 9.17) is 0 Å². The molecule has 19 heavy (non-hydrogen) atoms. The molecule has 0 aromatic carbocycles. The van der Waals surface area contributed by atoms with Crippen LogP contribution in [-0.4, -0.2) is 47.7 Å². The Balaban J connectivity index is 2.12. The van der Waals surface area contributed by atoms with E-state index in [1.54, 1.807) is 11.3 Å². The van der Waals surface area contributed by atoms with Gasteiger partial charge < -0.3 is 10.2 Å². The third-order valence-corrected chi connectivity index (χ3v) is 5.26. The van der Waals surface area contributed by atoms with E-state index in [2.05, 4.69) is 24.1 Å². The molecule has 1 saturated heterocycles. The molecule has 0 saturated carbocycles. The molecule has 2 rings (SSSR count). The van der Waals surface area contributed by atoms with Crippen molar-refractivity contribution in [3.8, 4) is 0 Å². The van der Waals surface area contributed by atoms with E-state index in [9.17, 15) is 4.79 Å². The topological polar surface area (TPSA) is 45.2 Å². The van der Waals surface area contributed by atoms with Crippen molar-refractivity contribution in [3.05, 3.63) is 15.6 Å². The van der Waals surface area contributed by atoms with Crippen LogP contribution in [0, 0.1) is 0 Å². The first-order chi connectivity index (χ1) is 9.26. The lowest BCUT2D eigenvalue weighted by Crippen LogP contribution is -2.46. The maximum atomic E-state index is 12.5. The number of nitrogens with one attached hydrogen (secondary N) is 1. The number of amides is 1. The van der Waals surface area contributed by atoms with E-state index in [1.807, 2.05) is 16.7 Å². The van der Waals surface area contributed by atoms with Gasteiger partial charge in [0.1, 0.15) is 9.88 Å². The van der Waals surface area contributed by atoms with Gasteiger partial charge in [0.15, 0.2) is 0 Å². The summed E-state index contributed by atoms with van der Waals surface area (Å²) in [5, 5.41) is 4.36. The largest absolute Gasteiger partial charge is 0.335 e. The minimum Gasteiger partial charge on any atom is -0.335 e. The molecule has 1 aromatic rings. The zero-order valence-corrected chi connectivity index (χ0v) is 13.2. The number of thiazole rings is 1. The van der Waals surface area contributed by atoms with E-state index >= 15 is 0 Å². The first kappa shape index (κ1) is 14.8. The summed E-state index contributed by atoms with van der Waals surface area (Å²) in [7, 11) is 0. The summed E-state index contributed by atoms with van der Waals surface area (Å²) in [6.07, 6.45) is 0.834. The molecule has 106 valence electrons. The maximum Gasteiger partial charge on any atom is 0.265 e. The Kier molecular flexibility index (Phi) is 5.66. The van der Waals surface area contributed by atoms with Crippen LogP contribution in [0.3, 0.4) is 0 Å². The number of aromatic nitrogens is 1. The first-order valence-electron chi connectivity index (χ1n) is 6.82. The van der Waals surface area contributed by atoms with Crippen molar-refractivity contribution in [2.45, 2.75) is 26.0 Å². The first-order valence-corrected chi connectivity index (χ1v) is 8.79. The zero-order chi connectivity index (χ0) is 13.7. The van der Waals surface area contributed by atoms with Crippen molar-refractivity contribution >= 4 is 29.0 Å². The van der Waals surface area contributed by atoms with Gasteiger partial charge in [-0.15, -0.1) is 11.3 Å². The lowest BCUT2D eigenvalue weighted by molar-refractivity contribution is 0.0739. The Morgan fingerprint density at radius 2 is 2.16 bits per heavy atom. The molecular weight excluding hydrogens is 278 g/mol. The van der Waals surface area contributed by atoms with Gasteiger partial charge in [-0.3, -0.25) is 4.79 Å². The molecule has 1 N–H and O–H groups in total. The monoisotopic (exact) mass is 299 g/mol. The summed E-state index contributed by atoms with van der Waals surface area (Å²) < 4.78 is 0. The number of piperazine rings is 1. The van der Waals surface area contributed by atoms with E-state index < -0.39 is 0 Å². The number of carbonyl (C=O) groups excluding carboxylic acids is 1. The Hall–Kier alpha value is -0.590. The summed E-state index contributed by atoms with van der Waals surface area (Å²) in [6, 6.07) is 0. The molecule has 1 aliphatic heterocycles. The SMILES string of the molecule is CCSCc1nc(CC)c(C(=O)N2CCNCC2)s1. The third-order valence-electron chi connectivity index (χ3n) is 3.10. The second-order valence-electron chi connectivity index (χ2n) is 4.42. The predicted octanol–water partition coefficient (Wildman–Crippen LogP) is 2.00. The maximum absolute atomic E-state index is 12.5. The van der Waals surface area contributed by atoms with Gasteiger partial charge in [-0.05, 0) is 12.2 Å². The van der Waals surface area contributed by atoms with Crippen LogP contribution < -0.4 is 5.32 Å². The molecule has 0 spiro atoms. The molecule has 6 heteroatoms. The number of thioether (sulfide) groups is 1. The van der Waals surface area contributed by atoms with Crippen molar-refractivity contribution < 1.29 is 4.79 Å². The summed E-state index contributed by atoms with van der Waals surface area (Å²) in [5.41, 5.74) is 0.972. The minimum absolute atomic E-state index is 0.170. The van der Waals surface area contributed by atoms with Gasteiger partial charge in [0, 0.05) is 31.9 Å². The van der Waals surface area contributed by atoms with Gasteiger partial charge in [-0.2, -0.15) is 11.8 Å². The standard InChI is InChI=1S/C13H21N3OS2/c1-3-10-12(19-11(15-10)9-18-4-2)13(17)16-7-5-14-6-8-16/h14H,3-9H2,1-2H3. The van der Waals surface area contributed by atoms with Crippen LogP contribution in [0.5, 0.6) is 0 Å². The molecule has 0 radical (unpaired) electrons. The van der Waals surface area contributed by atoms with Crippen LogP contribution in [0.2, 0.25) is 0 Å². The molecule has 2 heterocycles. The quantitative estimate of drug-likeness (QED) is 0.903. The van der Waals surface area contributed by atoms with Crippen LogP contribution in [0.25, 0.3) is 0 Å². The van der Waals surface area contributed by atoms with Gasteiger partial charge in [0.25, 0.3) is 5.91 Å². The number of nitrogens with zero attached hydrogens (tertiary/aromatic N) is 2. The second kappa shape index (κ2) is 7.26. The van der Waals surface area contributed by atoms with Crippen molar-refractivity contribution in [2.75, 3.05) is 31.9 Å². The Labute approximate surface area is 123 Å². The lowest BCUT2D eigenvalue weighted by atomic mass is 10.2. The normalized spacial score (nSPS) is 15.8. The van der Waals surface area contributed by atoms with Crippen molar-refractivity contribution in [3.63, 3.8) is 0 Å². The van der Waals surface area contributed by atoms with Gasteiger partial charge in [-0.25, -0.2) is 4.98 Å². The van der Waals surface area contributed by atoms with Crippen LogP contribution in [0.1, 0.15) is 34.2 Å². The van der Waals surface area contributed by atoms with Gasteiger partial charge in [0.2, 0.25) is 0 Å². The summed E-state index contributed by atoms with van der Waals surface area (Å²) in [5.74, 6) is 2.18. The number of aryl methyl sites for hydroxylation is 1. The fraction of sp³-hybridized carbons (Fsp3) is 0.692. The van der Waals surface area contributed by atoms with Crippen molar-refractivity contribution in [1.82, 2.24) is 15.2 Å². The fourth-order valence-corrected chi connectivity index (χ4v) is 3.91. The van der Waals surface area contributed by atoms with Crippen LogP contribution >= 0.6 is 23.1 Å². The smallest absolute Gasteiger partial charge is 0.265 e. The predicted molar refractivity (Wildman–Crippen MR) is 82.1 cm³/mol. The minimum atomic E-state index is 0.170. The van der Waals surface area contributed by atoms with E-state index in [-0.39, 0.29) is 5.91 Å².